The molecule has 0 aliphatic carbocycles. The maximum Gasteiger partial charge on any atom is 0.420 e. The highest BCUT2D eigenvalue weighted by atomic mass is 16.5. The minimum absolute atomic E-state index is 0.0799. The fourth-order valence-electron chi connectivity index (χ4n) is 3.58. The minimum atomic E-state index is -0.604. The zero-order chi connectivity index (χ0) is 21.1. The van der Waals surface area contributed by atoms with Crippen molar-refractivity contribution in [3.05, 3.63) is 64.9 Å². The fourth-order valence-corrected chi connectivity index (χ4v) is 3.58. The van der Waals surface area contributed by atoms with E-state index in [9.17, 15) is 14.4 Å². The van der Waals surface area contributed by atoms with Crippen LogP contribution in [0.4, 0.5) is 0 Å². The number of hydrogen-bond acceptors (Lipinski definition) is 6. The van der Waals surface area contributed by atoms with Crippen molar-refractivity contribution in [3.63, 3.8) is 0 Å². The van der Waals surface area contributed by atoms with E-state index in [2.05, 4.69) is 4.98 Å². The van der Waals surface area contributed by atoms with Crippen molar-refractivity contribution in [2.45, 2.75) is 19.2 Å². The predicted molar refractivity (Wildman–Crippen MR) is 108 cm³/mol. The molecule has 1 aromatic carbocycles. The average molecular weight is 410 g/mol. The molecular formula is C21H22N4O5. The van der Waals surface area contributed by atoms with Crippen LogP contribution in [-0.4, -0.2) is 64.0 Å². The van der Waals surface area contributed by atoms with Gasteiger partial charge in [-0.05, 0) is 23.8 Å². The summed E-state index contributed by atoms with van der Waals surface area (Å²) in [6, 6.07) is 10.6. The zero-order valence-electron chi connectivity index (χ0n) is 16.6. The number of carbonyl (C=O) groups excluding carboxylic acids is 2. The number of ether oxygens (including phenoxy) is 1. The third kappa shape index (κ3) is 4.11. The molecule has 1 atom stereocenters. The first-order chi connectivity index (χ1) is 14.5. The third-order valence-corrected chi connectivity index (χ3v) is 5.18. The average Bonchev–Trinajstić information content (AvgIpc) is 2.97. The number of oxazole rings is 1. The number of hydrogen-bond donors (Lipinski definition) is 0. The Labute approximate surface area is 172 Å². The first-order valence-electron chi connectivity index (χ1n) is 9.61. The van der Waals surface area contributed by atoms with Crippen LogP contribution in [0.2, 0.25) is 0 Å². The van der Waals surface area contributed by atoms with E-state index in [0.29, 0.717) is 24.2 Å². The first kappa shape index (κ1) is 19.8. The normalized spacial score (nSPS) is 17.4. The standard InChI is InChI=1S/C21H22N4O5/c1-29-16-11-23(10-15-5-4-8-22-9-15)19(26)13-24(12-16)20(27)14-25-17-6-2-3-7-18(17)30-21(25)28/h2-9,16H,10-14H2,1H3/t16-/m0/s1. The van der Waals surface area contributed by atoms with Gasteiger partial charge in [0.15, 0.2) is 5.58 Å². The molecule has 1 aliphatic rings. The molecule has 3 aromatic rings. The fraction of sp³-hybridized carbons (Fsp3) is 0.333. The molecule has 4 rings (SSSR count). The maximum atomic E-state index is 13.0. The number of methoxy groups -OCH3 is 1. The van der Waals surface area contributed by atoms with E-state index in [1.54, 1.807) is 48.7 Å². The monoisotopic (exact) mass is 410 g/mol. The highest BCUT2D eigenvalue weighted by Crippen LogP contribution is 2.15. The molecule has 0 spiro atoms. The van der Waals surface area contributed by atoms with Gasteiger partial charge in [-0.2, -0.15) is 0 Å². The quantitative estimate of drug-likeness (QED) is 0.619. The third-order valence-electron chi connectivity index (χ3n) is 5.18. The smallest absolute Gasteiger partial charge is 0.408 e. The van der Waals surface area contributed by atoms with Crippen LogP contribution < -0.4 is 5.76 Å². The van der Waals surface area contributed by atoms with Crippen molar-refractivity contribution in [2.75, 3.05) is 26.7 Å². The molecule has 0 unspecified atom stereocenters. The predicted octanol–water partition coefficient (Wildman–Crippen LogP) is 0.875. The van der Waals surface area contributed by atoms with Crippen molar-refractivity contribution in [3.8, 4) is 0 Å². The zero-order valence-corrected chi connectivity index (χ0v) is 16.6. The lowest BCUT2D eigenvalue weighted by Gasteiger charge is -2.23. The van der Waals surface area contributed by atoms with Crippen molar-refractivity contribution < 1.29 is 18.7 Å². The number of nitrogens with zero attached hydrogens (tertiary/aromatic N) is 4. The second-order valence-corrected chi connectivity index (χ2v) is 7.19. The summed E-state index contributed by atoms with van der Waals surface area (Å²) in [5, 5.41) is 0. The van der Waals surface area contributed by atoms with Crippen LogP contribution >= 0.6 is 0 Å². The van der Waals surface area contributed by atoms with E-state index in [0.717, 1.165) is 5.56 Å². The van der Waals surface area contributed by atoms with Gasteiger partial charge in [0.25, 0.3) is 0 Å². The highest BCUT2D eigenvalue weighted by molar-refractivity contribution is 5.86. The summed E-state index contributed by atoms with van der Waals surface area (Å²) in [6.07, 6.45) is 3.04. The Balaban J connectivity index is 1.52. The molecule has 0 saturated carbocycles. The molecule has 30 heavy (non-hydrogen) atoms. The van der Waals surface area contributed by atoms with E-state index in [-0.39, 0.29) is 37.6 Å². The largest absolute Gasteiger partial charge is 0.420 e. The van der Waals surface area contributed by atoms with Gasteiger partial charge >= 0.3 is 5.76 Å². The molecule has 1 aliphatic heterocycles. The van der Waals surface area contributed by atoms with Crippen LogP contribution in [-0.2, 0) is 27.4 Å². The lowest BCUT2D eigenvalue weighted by Crippen LogP contribution is -2.42. The first-order valence-corrected chi connectivity index (χ1v) is 9.61. The molecule has 3 heterocycles. The van der Waals surface area contributed by atoms with Gasteiger partial charge in [-0.3, -0.25) is 19.1 Å². The van der Waals surface area contributed by atoms with Gasteiger partial charge < -0.3 is 19.0 Å². The summed E-state index contributed by atoms with van der Waals surface area (Å²) in [5.74, 6) is -1.13. The lowest BCUT2D eigenvalue weighted by molar-refractivity contribution is -0.139. The molecule has 1 saturated heterocycles. The summed E-state index contributed by atoms with van der Waals surface area (Å²) < 4.78 is 12.0. The molecule has 156 valence electrons. The molecule has 9 nitrogen and oxygen atoms in total. The Morgan fingerprint density at radius 3 is 2.80 bits per heavy atom. The van der Waals surface area contributed by atoms with Gasteiger partial charge in [0.1, 0.15) is 6.54 Å². The molecule has 9 heteroatoms. The molecule has 2 amide bonds. The number of carbonyl (C=O) groups is 2. The van der Waals surface area contributed by atoms with Crippen LogP contribution in [0.1, 0.15) is 5.56 Å². The van der Waals surface area contributed by atoms with Crippen LogP contribution in [0.5, 0.6) is 0 Å². The highest BCUT2D eigenvalue weighted by Gasteiger charge is 2.31. The van der Waals surface area contributed by atoms with E-state index in [4.69, 9.17) is 9.15 Å². The van der Waals surface area contributed by atoms with Crippen molar-refractivity contribution >= 4 is 22.9 Å². The van der Waals surface area contributed by atoms with Crippen LogP contribution in [0.15, 0.2) is 58.0 Å². The summed E-state index contributed by atoms with van der Waals surface area (Å²) in [4.78, 5) is 45.2. The van der Waals surface area contributed by atoms with Crippen molar-refractivity contribution in [2.24, 2.45) is 0 Å². The maximum absolute atomic E-state index is 13.0. The van der Waals surface area contributed by atoms with E-state index in [1.807, 2.05) is 12.1 Å². The topological polar surface area (TPSA) is 97.9 Å². The molecule has 0 radical (unpaired) electrons. The second-order valence-electron chi connectivity index (χ2n) is 7.19. The van der Waals surface area contributed by atoms with Crippen molar-refractivity contribution in [1.29, 1.82) is 0 Å². The Morgan fingerprint density at radius 1 is 1.20 bits per heavy atom. The van der Waals surface area contributed by atoms with E-state index in [1.165, 1.54) is 9.47 Å². The number of pyridine rings is 1. The molecule has 2 aromatic heterocycles. The number of fused-ring (bicyclic) bond motifs is 1. The van der Waals surface area contributed by atoms with Gasteiger partial charge in [0.05, 0.1) is 18.2 Å². The summed E-state index contributed by atoms with van der Waals surface area (Å²) >= 11 is 0. The number of rotatable bonds is 5. The summed E-state index contributed by atoms with van der Waals surface area (Å²) in [7, 11) is 1.56. The Kier molecular flexibility index (Phi) is 5.62. The van der Waals surface area contributed by atoms with Gasteiger partial charge in [-0.1, -0.05) is 18.2 Å². The molecule has 0 bridgehead atoms. The lowest BCUT2D eigenvalue weighted by atomic mass is 10.2. The number of para-hydroxylation sites is 2. The van der Waals surface area contributed by atoms with Crippen LogP contribution in [0.25, 0.3) is 11.1 Å². The summed E-state index contributed by atoms with van der Waals surface area (Å²) in [6.45, 7) is 0.726. The van der Waals surface area contributed by atoms with E-state index < -0.39 is 5.76 Å². The Hall–Kier alpha value is -3.46. The number of aromatic nitrogens is 2. The van der Waals surface area contributed by atoms with Gasteiger partial charge in [-0.15, -0.1) is 0 Å². The van der Waals surface area contributed by atoms with Gasteiger partial charge in [0.2, 0.25) is 11.8 Å². The van der Waals surface area contributed by atoms with Crippen LogP contribution in [0.3, 0.4) is 0 Å². The number of amides is 2. The Bertz CT molecular complexity index is 1110. The van der Waals surface area contributed by atoms with E-state index >= 15 is 0 Å². The SMILES string of the molecule is CO[C@@H]1CN(C(=O)Cn2c(=O)oc3ccccc32)CC(=O)N(Cc2cccnc2)C1. The minimum Gasteiger partial charge on any atom is -0.408 e. The van der Waals surface area contributed by atoms with Crippen molar-refractivity contribution in [1.82, 2.24) is 19.4 Å². The Morgan fingerprint density at radius 2 is 2.03 bits per heavy atom. The van der Waals surface area contributed by atoms with Crippen LogP contribution in [0, 0.1) is 0 Å². The van der Waals surface area contributed by atoms with Gasteiger partial charge in [0, 0.05) is 39.1 Å². The molecule has 0 N–H and O–H groups in total. The second kappa shape index (κ2) is 8.50. The molecule has 1 fully saturated rings. The summed E-state index contributed by atoms with van der Waals surface area (Å²) in [5.41, 5.74) is 1.86. The molecular weight excluding hydrogens is 388 g/mol. The van der Waals surface area contributed by atoms with Gasteiger partial charge in [-0.25, -0.2) is 4.79 Å². The number of benzene rings is 1.